The monoisotopic (exact) mass is 281 g/mol. The van der Waals surface area contributed by atoms with Gasteiger partial charge < -0.3 is 14.6 Å². The van der Waals surface area contributed by atoms with Crippen LogP contribution in [0.15, 0.2) is 28.3 Å². The minimum absolute atomic E-state index is 0.0759. The molecular weight excluding hydrogens is 266 g/mol. The van der Waals surface area contributed by atoms with Crippen LogP contribution in [0.5, 0.6) is 0 Å². The van der Waals surface area contributed by atoms with Gasteiger partial charge in [-0.2, -0.15) is 0 Å². The number of carbonyl (C=O) groups is 2. The van der Waals surface area contributed by atoms with Gasteiger partial charge in [0.15, 0.2) is 0 Å². The molecule has 0 aromatic carbocycles. The molecule has 1 aromatic rings. The molecule has 0 radical (unpaired) electrons. The first-order valence-electron chi connectivity index (χ1n) is 5.87. The molecule has 8 heteroatoms. The molecule has 1 amide bonds. The van der Waals surface area contributed by atoms with Gasteiger partial charge in [-0.1, -0.05) is 6.08 Å². The first-order chi connectivity index (χ1) is 9.47. The average Bonchev–Trinajstić information content (AvgIpc) is 2.36. The Bertz CT molecular complexity index is 588. The highest BCUT2D eigenvalue weighted by Gasteiger charge is 2.19. The van der Waals surface area contributed by atoms with Gasteiger partial charge in [0.1, 0.15) is 12.2 Å². The van der Waals surface area contributed by atoms with E-state index in [1.54, 1.807) is 6.92 Å². The van der Waals surface area contributed by atoms with E-state index in [1.807, 2.05) is 4.98 Å². The highest BCUT2D eigenvalue weighted by atomic mass is 16.5. The molecule has 0 atom stereocenters. The second-order valence-corrected chi connectivity index (χ2v) is 3.78. The number of esters is 1. The van der Waals surface area contributed by atoms with Gasteiger partial charge in [-0.15, -0.1) is 6.58 Å². The standard InChI is InChI=1S/C12H15N3O5/c1-3-5-15(7-10(17)20-4-2)11(18)8-6-9(16)14-12(19)13-8/h3,6H,1,4-5,7H2,2H3,(H2,13,14,16,19). The fourth-order valence-electron chi connectivity index (χ4n) is 1.49. The van der Waals surface area contributed by atoms with Gasteiger partial charge >= 0.3 is 11.7 Å². The minimum atomic E-state index is -0.796. The van der Waals surface area contributed by atoms with Crippen molar-refractivity contribution >= 4 is 11.9 Å². The third-order valence-electron chi connectivity index (χ3n) is 2.25. The number of aromatic nitrogens is 2. The quantitative estimate of drug-likeness (QED) is 0.526. The Hall–Kier alpha value is -2.64. The molecule has 0 bridgehead atoms. The lowest BCUT2D eigenvalue weighted by Crippen LogP contribution is -2.38. The van der Waals surface area contributed by atoms with Crippen LogP contribution in [0.1, 0.15) is 17.4 Å². The molecule has 0 saturated carbocycles. The van der Waals surface area contributed by atoms with Crippen LogP contribution in [-0.2, 0) is 9.53 Å². The summed E-state index contributed by atoms with van der Waals surface area (Å²) < 4.78 is 4.75. The molecule has 0 fully saturated rings. The van der Waals surface area contributed by atoms with Crippen molar-refractivity contribution in [2.24, 2.45) is 0 Å². The Kier molecular flexibility index (Phi) is 5.45. The van der Waals surface area contributed by atoms with Crippen molar-refractivity contribution in [1.82, 2.24) is 14.9 Å². The number of nitrogens with one attached hydrogen (secondary N) is 2. The topological polar surface area (TPSA) is 112 Å². The average molecular weight is 281 g/mol. The summed E-state index contributed by atoms with van der Waals surface area (Å²) in [6, 6.07) is 0.949. The van der Waals surface area contributed by atoms with Crippen molar-refractivity contribution < 1.29 is 14.3 Å². The zero-order valence-corrected chi connectivity index (χ0v) is 11.0. The lowest BCUT2D eigenvalue weighted by Gasteiger charge is -2.19. The van der Waals surface area contributed by atoms with Crippen LogP contribution in [0.4, 0.5) is 0 Å². The van der Waals surface area contributed by atoms with Gasteiger partial charge in [-0.25, -0.2) is 4.79 Å². The van der Waals surface area contributed by atoms with E-state index in [0.29, 0.717) is 0 Å². The first kappa shape index (κ1) is 15.4. The summed E-state index contributed by atoms with van der Waals surface area (Å²) in [5.74, 6) is -1.25. The SMILES string of the molecule is C=CCN(CC(=O)OCC)C(=O)c1cc(=O)[nH]c(=O)[nH]1. The van der Waals surface area contributed by atoms with Gasteiger partial charge in [0.25, 0.3) is 11.5 Å². The van der Waals surface area contributed by atoms with Crippen molar-refractivity contribution in [2.75, 3.05) is 19.7 Å². The lowest BCUT2D eigenvalue weighted by molar-refractivity contribution is -0.143. The summed E-state index contributed by atoms with van der Waals surface area (Å²) in [6.45, 7) is 5.09. The molecule has 8 nitrogen and oxygen atoms in total. The van der Waals surface area contributed by atoms with E-state index in [1.165, 1.54) is 6.08 Å². The summed E-state index contributed by atoms with van der Waals surface area (Å²) in [4.78, 5) is 51.1. The van der Waals surface area contributed by atoms with Crippen LogP contribution in [-0.4, -0.2) is 46.4 Å². The summed E-state index contributed by atoms with van der Waals surface area (Å²) >= 11 is 0. The van der Waals surface area contributed by atoms with Crippen molar-refractivity contribution in [2.45, 2.75) is 6.92 Å². The van der Waals surface area contributed by atoms with Gasteiger partial charge in [-0.3, -0.25) is 19.4 Å². The Labute approximate surface area is 114 Å². The van der Waals surface area contributed by atoms with Crippen LogP contribution in [0.25, 0.3) is 0 Å². The van der Waals surface area contributed by atoms with Crippen LogP contribution < -0.4 is 11.2 Å². The molecule has 1 rings (SSSR count). The number of amides is 1. The Morgan fingerprint density at radius 2 is 2.10 bits per heavy atom. The number of aromatic amines is 2. The van der Waals surface area contributed by atoms with Crippen molar-refractivity contribution in [3.63, 3.8) is 0 Å². The van der Waals surface area contributed by atoms with Crippen LogP contribution in [0, 0.1) is 0 Å². The smallest absolute Gasteiger partial charge is 0.326 e. The lowest BCUT2D eigenvalue weighted by atomic mass is 10.3. The molecule has 2 N–H and O–H groups in total. The van der Waals surface area contributed by atoms with E-state index in [4.69, 9.17) is 4.74 Å². The molecule has 20 heavy (non-hydrogen) atoms. The van der Waals surface area contributed by atoms with Crippen LogP contribution >= 0.6 is 0 Å². The number of carbonyl (C=O) groups excluding carboxylic acids is 2. The van der Waals surface area contributed by atoms with Gasteiger partial charge in [0.2, 0.25) is 0 Å². The largest absolute Gasteiger partial charge is 0.465 e. The second-order valence-electron chi connectivity index (χ2n) is 3.78. The zero-order valence-electron chi connectivity index (χ0n) is 11.0. The van der Waals surface area contributed by atoms with E-state index in [9.17, 15) is 19.2 Å². The maximum absolute atomic E-state index is 12.1. The second kappa shape index (κ2) is 7.07. The molecule has 0 aliphatic heterocycles. The highest BCUT2D eigenvalue weighted by Crippen LogP contribution is 1.99. The van der Waals surface area contributed by atoms with Crippen LogP contribution in [0.3, 0.4) is 0 Å². The van der Waals surface area contributed by atoms with Crippen molar-refractivity contribution in [3.05, 3.63) is 45.3 Å². The third-order valence-corrected chi connectivity index (χ3v) is 2.25. The highest BCUT2D eigenvalue weighted by molar-refractivity contribution is 5.94. The number of H-pyrrole nitrogens is 2. The number of nitrogens with zero attached hydrogens (tertiary/aromatic N) is 1. The molecule has 108 valence electrons. The number of ether oxygens (including phenoxy) is 1. The predicted molar refractivity (Wildman–Crippen MR) is 70.4 cm³/mol. The van der Waals surface area contributed by atoms with E-state index < -0.39 is 23.1 Å². The van der Waals surface area contributed by atoms with Crippen LogP contribution in [0.2, 0.25) is 0 Å². The Morgan fingerprint density at radius 3 is 2.65 bits per heavy atom. The summed E-state index contributed by atoms with van der Waals surface area (Å²) in [6.07, 6.45) is 1.42. The third kappa shape index (κ3) is 4.23. The zero-order chi connectivity index (χ0) is 15.1. The molecule has 0 aliphatic rings. The predicted octanol–water partition coefficient (Wildman–Crippen LogP) is -0.745. The number of hydrogen-bond acceptors (Lipinski definition) is 5. The van der Waals surface area contributed by atoms with Crippen molar-refractivity contribution in [3.8, 4) is 0 Å². The maximum Gasteiger partial charge on any atom is 0.326 e. The molecular formula is C12H15N3O5. The normalized spacial score (nSPS) is 9.85. The van der Waals surface area contributed by atoms with E-state index >= 15 is 0 Å². The fraction of sp³-hybridized carbons (Fsp3) is 0.333. The van der Waals surface area contributed by atoms with E-state index in [0.717, 1.165) is 11.0 Å². The van der Waals surface area contributed by atoms with Gasteiger partial charge in [0.05, 0.1) is 6.61 Å². The number of hydrogen-bond donors (Lipinski definition) is 2. The summed E-state index contributed by atoms with van der Waals surface area (Å²) in [5, 5.41) is 0. The Morgan fingerprint density at radius 1 is 1.40 bits per heavy atom. The molecule has 1 aromatic heterocycles. The first-order valence-corrected chi connectivity index (χ1v) is 5.87. The summed E-state index contributed by atoms with van der Waals surface area (Å²) in [7, 11) is 0. The van der Waals surface area contributed by atoms with Gasteiger partial charge in [0, 0.05) is 12.6 Å². The molecule has 0 aliphatic carbocycles. The van der Waals surface area contributed by atoms with Gasteiger partial charge in [-0.05, 0) is 6.92 Å². The molecule has 0 spiro atoms. The minimum Gasteiger partial charge on any atom is -0.465 e. The Balaban J connectivity index is 2.98. The molecule has 0 saturated heterocycles. The number of rotatable bonds is 6. The van der Waals surface area contributed by atoms with E-state index in [2.05, 4.69) is 11.6 Å². The summed E-state index contributed by atoms with van der Waals surface area (Å²) in [5.41, 5.74) is -1.70. The molecule has 0 unspecified atom stereocenters. The van der Waals surface area contributed by atoms with Crippen molar-refractivity contribution in [1.29, 1.82) is 0 Å². The molecule has 1 heterocycles. The fourth-order valence-corrected chi connectivity index (χ4v) is 1.49. The maximum atomic E-state index is 12.1. The van der Waals surface area contributed by atoms with E-state index in [-0.39, 0.29) is 25.4 Å².